The zero-order chi connectivity index (χ0) is 21.7. The Morgan fingerprint density at radius 1 is 1.27 bits per heavy atom. The van der Waals surface area contributed by atoms with E-state index in [1.165, 1.54) is 6.92 Å². The van der Waals surface area contributed by atoms with Crippen LogP contribution in [-0.2, 0) is 19.1 Å². The number of hydrogen-bond donors (Lipinski definition) is 0. The molecule has 1 saturated heterocycles. The Kier molecular flexibility index (Phi) is 7.47. The van der Waals surface area contributed by atoms with Crippen LogP contribution in [0.2, 0.25) is 4.34 Å². The number of anilines is 2. The summed E-state index contributed by atoms with van der Waals surface area (Å²) in [5, 5.41) is 0. The van der Waals surface area contributed by atoms with E-state index in [-0.39, 0.29) is 25.0 Å². The van der Waals surface area contributed by atoms with E-state index in [4.69, 9.17) is 21.1 Å². The first-order valence-electron chi connectivity index (χ1n) is 9.61. The van der Waals surface area contributed by atoms with Gasteiger partial charge in [-0.2, -0.15) is 0 Å². The lowest BCUT2D eigenvalue weighted by Crippen LogP contribution is -2.41. The number of rotatable bonds is 7. The van der Waals surface area contributed by atoms with Gasteiger partial charge in [-0.3, -0.25) is 9.59 Å². The van der Waals surface area contributed by atoms with E-state index < -0.39 is 12.1 Å². The molecule has 0 radical (unpaired) electrons. The molecule has 1 atom stereocenters. The van der Waals surface area contributed by atoms with Crippen molar-refractivity contribution < 1.29 is 23.9 Å². The van der Waals surface area contributed by atoms with E-state index in [9.17, 15) is 14.4 Å². The molecule has 9 heteroatoms. The third kappa shape index (κ3) is 5.38. The summed E-state index contributed by atoms with van der Waals surface area (Å²) in [5.41, 5.74) is 1.42. The lowest BCUT2D eigenvalue weighted by Gasteiger charge is -2.29. The average Bonchev–Trinajstić information content (AvgIpc) is 3.18. The average molecular weight is 451 g/mol. The predicted molar refractivity (Wildman–Crippen MR) is 116 cm³/mol. The van der Waals surface area contributed by atoms with Crippen LogP contribution in [0.25, 0.3) is 0 Å². The number of carbonyl (C=O) groups excluding carboxylic acids is 3. The molecule has 2 aromatic rings. The van der Waals surface area contributed by atoms with Gasteiger partial charge in [0.15, 0.2) is 0 Å². The Labute approximate surface area is 184 Å². The van der Waals surface area contributed by atoms with Gasteiger partial charge in [0.25, 0.3) is 5.91 Å². The fourth-order valence-corrected chi connectivity index (χ4v) is 4.03. The first-order valence-corrected chi connectivity index (χ1v) is 10.8. The number of hydrogen-bond acceptors (Lipinski definition) is 6. The fourth-order valence-electron chi connectivity index (χ4n) is 3.11. The molecule has 1 aromatic heterocycles. The van der Waals surface area contributed by atoms with Crippen molar-refractivity contribution in [1.82, 2.24) is 0 Å². The second kappa shape index (κ2) is 10.1. The molecule has 0 spiro atoms. The molecule has 2 amide bonds. The van der Waals surface area contributed by atoms with Gasteiger partial charge in [0.2, 0.25) is 5.91 Å². The lowest BCUT2D eigenvalue weighted by molar-refractivity contribution is -0.125. The fraction of sp³-hybridized carbons (Fsp3) is 0.381. The van der Waals surface area contributed by atoms with Crippen molar-refractivity contribution in [2.24, 2.45) is 0 Å². The molecule has 0 N–H and O–H groups in total. The monoisotopic (exact) mass is 450 g/mol. The SMILES string of the molecule is CCC(CN(C(C)=O)c1ccc(N2CCOCC2=O)cc1)OC(=O)c1ccc(Cl)s1. The summed E-state index contributed by atoms with van der Waals surface area (Å²) in [6, 6.07) is 10.4. The van der Waals surface area contributed by atoms with Crippen LogP contribution in [0.5, 0.6) is 0 Å². The first kappa shape index (κ1) is 22.3. The third-order valence-corrected chi connectivity index (χ3v) is 5.94. The van der Waals surface area contributed by atoms with Crippen LogP contribution in [0.4, 0.5) is 11.4 Å². The van der Waals surface area contributed by atoms with E-state index >= 15 is 0 Å². The van der Waals surface area contributed by atoms with E-state index in [2.05, 4.69) is 0 Å². The maximum Gasteiger partial charge on any atom is 0.348 e. The number of carbonyl (C=O) groups is 3. The molecule has 0 bridgehead atoms. The van der Waals surface area contributed by atoms with Gasteiger partial charge in [0, 0.05) is 24.8 Å². The number of morpholine rings is 1. The molecule has 1 aliphatic rings. The first-order chi connectivity index (χ1) is 14.4. The van der Waals surface area contributed by atoms with Gasteiger partial charge in [-0.25, -0.2) is 4.79 Å². The van der Waals surface area contributed by atoms with Crippen molar-refractivity contribution in [2.75, 3.05) is 36.1 Å². The van der Waals surface area contributed by atoms with Crippen LogP contribution in [0, 0.1) is 0 Å². The van der Waals surface area contributed by atoms with Crippen molar-refractivity contribution in [3.63, 3.8) is 0 Å². The van der Waals surface area contributed by atoms with Crippen LogP contribution in [0.3, 0.4) is 0 Å². The number of amides is 2. The highest BCUT2D eigenvalue weighted by Crippen LogP contribution is 2.25. The summed E-state index contributed by atoms with van der Waals surface area (Å²) in [6.45, 7) is 4.64. The summed E-state index contributed by atoms with van der Waals surface area (Å²) >= 11 is 7.04. The van der Waals surface area contributed by atoms with E-state index in [1.54, 1.807) is 46.2 Å². The van der Waals surface area contributed by atoms with Crippen molar-refractivity contribution in [3.8, 4) is 0 Å². The Bertz CT molecular complexity index is 914. The van der Waals surface area contributed by atoms with Gasteiger partial charge < -0.3 is 19.3 Å². The van der Waals surface area contributed by atoms with Crippen LogP contribution < -0.4 is 9.80 Å². The van der Waals surface area contributed by atoms with E-state index in [1.807, 2.05) is 6.92 Å². The Hall–Kier alpha value is -2.42. The minimum Gasteiger partial charge on any atom is -0.456 e. The molecular weight excluding hydrogens is 428 g/mol. The molecule has 1 fully saturated rings. The second-order valence-corrected chi connectivity index (χ2v) is 8.50. The highest BCUT2D eigenvalue weighted by atomic mass is 35.5. The van der Waals surface area contributed by atoms with Crippen molar-refractivity contribution in [3.05, 3.63) is 45.6 Å². The quantitative estimate of drug-likeness (QED) is 0.600. The van der Waals surface area contributed by atoms with Crippen molar-refractivity contribution in [1.29, 1.82) is 0 Å². The lowest BCUT2D eigenvalue weighted by atomic mass is 10.2. The van der Waals surface area contributed by atoms with Crippen molar-refractivity contribution >= 4 is 52.1 Å². The summed E-state index contributed by atoms with van der Waals surface area (Å²) in [6.07, 6.45) is 0.0809. The largest absolute Gasteiger partial charge is 0.456 e. The Morgan fingerprint density at radius 3 is 2.57 bits per heavy atom. The number of benzene rings is 1. The zero-order valence-corrected chi connectivity index (χ0v) is 18.4. The summed E-state index contributed by atoms with van der Waals surface area (Å²) < 4.78 is 11.3. The molecule has 1 unspecified atom stereocenters. The highest BCUT2D eigenvalue weighted by Gasteiger charge is 2.23. The van der Waals surface area contributed by atoms with Gasteiger partial charge in [0.1, 0.15) is 17.6 Å². The zero-order valence-electron chi connectivity index (χ0n) is 16.8. The molecule has 2 heterocycles. The van der Waals surface area contributed by atoms with Gasteiger partial charge in [0.05, 0.1) is 17.5 Å². The van der Waals surface area contributed by atoms with Crippen molar-refractivity contribution in [2.45, 2.75) is 26.4 Å². The summed E-state index contributed by atoms with van der Waals surface area (Å²) in [4.78, 5) is 40.3. The molecule has 0 aliphatic carbocycles. The maximum absolute atomic E-state index is 12.3. The van der Waals surface area contributed by atoms with Crippen LogP contribution in [0.1, 0.15) is 29.9 Å². The Morgan fingerprint density at radius 2 is 2.00 bits per heavy atom. The molecule has 1 aromatic carbocycles. The number of ether oxygens (including phenoxy) is 2. The molecular formula is C21H23ClN2O5S. The highest BCUT2D eigenvalue weighted by molar-refractivity contribution is 7.17. The molecule has 7 nitrogen and oxygen atoms in total. The number of nitrogens with zero attached hydrogens (tertiary/aromatic N) is 2. The second-order valence-electron chi connectivity index (χ2n) is 6.78. The molecule has 3 rings (SSSR count). The van der Waals surface area contributed by atoms with Gasteiger partial charge in [-0.15, -0.1) is 11.3 Å². The predicted octanol–water partition coefficient (Wildman–Crippen LogP) is 3.75. The number of esters is 1. The normalized spacial score (nSPS) is 15.0. The van der Waals surface area contributed by atoms with Crippen LogP contribution >= 0.6 is 22.9 Å². The molecule has 30 heavy (non-hydrogen) atoms. The van der Waals surface area contributed by atoms with E-state index in [0.717, 1.165) is 17.0 Å². The smallest absolute Gasteiger partial charge is 0.348 e. The molecule has 0 saturated carbocycles. The topological polar surface area (TPSA) is 76.2 Å². The third-order valence-electron chi connectivity index (χ3n) is 4.73. The van der Waals surface area contributed by atoms with Gasteiger partial charge in [-0.05, 0) is 42.8 Å². The van der Waals surface area contributed by atoms with Crippen LogP contribution in [0.15, 0.2) is 36.4 Å². The standard InChI is InChI=1S/C21H23ClN2O5S/c1-3-17(29-21(27)18-8-9-19(22)30-18)12-24(14(2)25)16-6-4-15(5-7-16)23-10-11-28-13-20(23)26/h4-9,17H,3,10-13H2,1-2H3. The minimum atomic E-state index is -0.470. The van der Waals surface area contributed by atoms with Gasteiger partial charge in [-0.1, -0.05) is 18.5 Å². The summed E-state index contributed by atoms with van der Waals surface area (Å²) in [7, 11) is 0. The Balaban J connectivity index is 1.70. The van der Waals surface area contributed by atoms with Crippen LogP contribution in [-0.4, -0.2) is 50.2 Å². The summed E-state index contributed by atoms with van der Waals surface area (Å²) in [5.74, 6) is -0.716. The molecule has 160 valence electrons. The number of halogens is 1. The molecule has 1 aliphatic heterocycles. The van der Waals surface area contributed by atoms with Gasteiger partial charge >= 0.3 is 5.97 Å². The van der Waals surface area contributed by atoms with E-state index in [0.29, 0.717) is 34.5 Å². The minimum absolute atomic E-state index is 0.0698. The maximum atomic E-state index is 12.3. The number of thiophene rings is 1.